The fourth-order valence-corrected chi connectivity index (χ4v) is 2.75. The van der Waals surface area contributed by atoms with Crippen molar-refractivity contribution in [1.29, 1.82) is 0 Å². The molecule has 0 spiro atoms. The summed E-state index contributed by atoms with van der Waals surface area (Å²) in [5.41, 5.74) is -0.714. The zero-order valence-electron chi connectivity index (χ0n) is 9.59. The number of benzene rings is 1. The van der Waals surface area contributed by atoms with Crippen LogP contribution < -0.4 is 13.9 Å². The Morgan fingerprint density at radius 2 is 2.00 bits per heavy atom. The van der Waals surface area contributed by atoms with E-state index in [0.717, 1.165) is 6.92 Å². The van der Waals surface area contributed by atoms with E-state index in [0.29, 0.717) is 5.52 Å². The van der Waals surface area contributed by atoms with Crippen LogP contribution in [0.25, 0.3) is 10.9 Å². The van der Waals surface area contributed by atoms with Crippen LogP contribution in [0.15, 0.2) is 23.0 Å². The molecule has 0 fully saturated rings. The lowest BCUT2D eigenvalue weighted by molar-refractivity contribution is 0.101. The Hall–Kier alpha value is -2.35. The van der Waals surface area contributed by atoms with Gasteiger partial charge in [-0.25, -0.2) is 0 Å². The van der Waals surface area contributed by atoms with Crippen molar-refractivity contribution in [2.75, 3.05) is 0 Å². The molecule has 0 unspecified atom stereocenters. The summed E-state index contributed by atoms with van der Waals surface area (Å²) in [7, 11) is -4.32. The van der Waals surface area contributed by atoms with Gasteiger partial charge in [0.05, 0.1) is 10.9 Å². The zero-order chi connectivity index (χ0) is 13.8. The first-order chi connectivity index (χ1) is 8.89. The van der Waals surface area contributed by atoms with Gasteiger partial charge >= 0.3 is 10.4 Å². The third kappa shape index (κ3) is 1.68. The van der Waals surface area contributed by atoms with Gasteiger partial charge in [0.1, 0.15) is 5.56 Å². The second kappa shape index (κ2) is 3.58. The first kappa shape index (κ1) is 11.7. The van der Waals surface area contributed by atoms with Crippen LogP contribution in [0, 0.1) is 0 Å². The molecular weight excluding hydrogens is 274 g/mol. The van der Waals surface area contributed by atoms with E-state index < -0.39 is 21.7 Å². The van der Waals surface area contributed by atoms with Gasteiger partial charge in [-0.1, -0.05) is 6.07 Å². The summed E-state index contributed by atoms with van der Waals surface area (Å²) < 4.78 is 32.3. The largest absolute Gasteiger partial charge is 0.501 e. The van der Waals surface area contributed by atoms with Crippen molar-refractivity contribution in [1.82, 2.24) is 4.98 Å². The number of nitrogens with one attached hydrogen (secondary N) is 1. The highest BCUT2D eigenvalue weighted by Gasteiger charge is 2.31. The van der Waals surface area contributed by atoms with Crippen molar-refractivity contribution in [3.63, 3.8) is 0 Å². The quantitative estimate of drug-likeness (QED) is 0.774. The van der Waals surface area contributed by atoms with Gasteiger partial charge in [-0.15, -0.1) is 8.42 Å². The number of pyridine rings is 1. The third-order valence-corrected chi connectivity index (χ3v) is 3.44. The molecule has 98 valence electrons. The van der Waals surface area contributed by atoms with E-state index in [1.807, 2.05) is 0 Å². The van der Waals surface area contributed by atoms with Crippen molar-refractivity contribution in [3.8, 4) is 11.5 Å². The Morgan fingerprint density at radius 3 is 2.68 bits per heavy atom. The molecule has 19 heavy (non-hydrogen) atoms. The number of hydrogen-bond donors (Lipinski definition) is 1. The first-order valence-electron chi connectivity index (χ1n) is 5.23. The topological polar surface area (TPSA) is 103 Å². The first-order valence-corrected chi connectivity index (χ1v) is 6.56. The smallest absolute Gasteiger partial charge is 0.352 e. The lowest BCUT2D eigenvalue weighted by Crippen LogP contribution is -2.26. The van der Waals surface area contributed by atoms with E-state index in [9.17, 15) is 18.0 Å². The van der Waals surface area contributed by atoms with E-state index in [1.165, 1.54) is 12.1 Å². The molecule has 0 atom stereocenters. The number of H-pyrrole nitrogens is 1. The predicted octanol–water partition coefficient (Wildman–Crippen LogP) is 0.747. The number of carbonyl (C=O) groups is 1. The lowest BCUT2D eigenvalue weighted by Gasteiger charge is -2.18. The Kier molecular flexibility index (Phi) is 2.21. The SMILES string of the molecule is CC(=O)c1c2c3c(cccc3[nH]c1=O)OS(=O)(=O)O2. The molecule has 1 aromatic carbocycles. The number of Topliss-reactive ketones (excluding diaryl/α,β-unsaturated/α-hetero) is 1. The minimum absolute atomic E-state index is 0.0116. The predicted molar refractivity (Wildman–Crippen MR) is 64.7 cm³/mol. The van der Waals surface area contributed by atoms with Gasteiger partial charge < -0.3 is 13.4 Å². The summed E-state index contributed by atoms with van der Waals surface area (Å²) in [4.78, 5) is 25.8. The van der Waals surface area contributed by atoms with E-state index >= 15 is 0 Å². The van der Waals surface area contributed by atoms with Gasteiger partial charge in [-0.3, -0.25) is 9.59 Å². The van der Waals surface area contributed by atoms with E-state index in [1.54, 1.807) is 6.07 Å². The summed E-state index contributed by atoms with van der Waals surface area (Å²) in [5, 5.41) is 0.252. The molecule has 2 aromatic rings. The van der Waals surface area contributed by atoms with Gasteiger partial charge in [0.25, 0.3) is 5.56 Å². The molecule has 2 heterocycles. The van der Waals surface area contributed by atoms with Gasteiger partial charge in [0.2, 0.25) is 0 Å². The average molecular weight is 281 g/mol. The molecule has 7 nitrogen and oxygen atoms in total. The van der Waals surface area contributed by atoms with Crippen LogP contribution in [0.5, 0.6) is 11.5 Å². The highest BCUT2D eigenvalue weighted by Crippen LogP contribution is 2.39. The van der Waals surface area contributed by atoms with Crippen LogP contribution >= 0.6 is 0 Å². The maximum absolute atomic E-state index is 11.8. The van der Waals surface area contributed by atoms with Crippen LogP contribution in [0.4, 0.5) is 0 Å². The van der Waals surface area contributed by atoms with Crippen molar-refractivity contribution >= 4 is 27.1 Å². The molecule has 0 aliphatic carbocycles. The Labute approximate surface area is 107 Å². The number of hydrogen-bond acceptors (Lipinski definition) is 6. The van der Waals surface area contributed by atoms with Crippen LogP contribution in [0.1, 0.15) is 17.3 Å². The summed E-state index contributed by atoms with van der Waals surface area (Å²) in [6, 6.07) is 4.48. The van der Waals surface area contributed by atoms with E-state index in [4.69, 9.17) is 0 Å². The molecule has 1 aliphatic rings. The number of aromatic amines is 1. The van der Waals surface area contributed by atoms with Crippen LogP contribution in [-0.4, -0.2) is 19.2 Å². The number of aromatic nitrogens is 1. The monoisotopic (exact) mass is 281 g/mol. The molecule has 1 N–H and O–H groups in total. The summed E-state index contributed by atoms with van der Waals surface area (Å²) >= 11 is 0. The summed E-state index contributed by atoms with van der Waals surface area (Å²) in [6.45, 7) is 1.15. The second-order valence-electron chi connectivity index (χ2n) is 3.97. The molecule has 0 amide bonds. The fourth-order valence-electron chi connectivity index (χ4n) is 1.98. The third-order valence-electron chi connectivity index (χ3n) is 2.68. The maximum Gasteiger partial charge on any atom is 0.501 e. The van der Waals surface area contributed by atoms with Crippen LogP contribution in [0.2, 0.25) is 0 Å². The van der Waals surface area contributed by atoms with Crippen LogP contribution in [-0.2, 0) is 10.4 Å². The summed E-state index contributed by atoms with van der Waals surface area (Å²) in [5.74, 6) is -0.865. The van der Waals surface area contributed by atoms with Gasteiger partial charge in [-0.2, -0.15) is 0 Å². The lowest BCUT2D eigenvalue weighted by atomic mass is 10.1. The standard InChI is InChI=1S/C11H7NO6S/c1-5(13)8-10-9-6(12-11(8)14)3-2-4-7(9)17-19(15,16)18-10/h2-4H,1H3,(H,12,14). The molecule has 0 saturated heterocycles. The summed E-state index contributed by atoms with van der Waals surface area (Å²) in [6.07, 6.45) is 0. The maximum atomic E-state index is 11.8. The van der Waals surface area contributed by atoms with E-state index in [-0.39, 0.29) is 22.4 Å². The van der Waals surface area contributed by atoms with Gasteiger partial charge in [0.15, 0.2) is 17.3 Å². The van der Waals surface area contributed by atoms with Gasteiger partial charge in [0, 0.05) is 0 Å². The van der Waals surface area contributed by atoms with Crippen molar-refractivity contribution in [3.05, 3.63) is 34.1 Å². The number of rotatable bonds is 1. The Balaban J connectivity index is 2.56. The molecule has 8 heteroatoms. The van der Waals surface area contributed by atoms with Crippen molar-refractivity contribution in [2.45, 2.75) is 6.92 Å². The van der Waals surface area contributed by atoms with Crippen LogP contribution in [0.3, 0.4) is 0 Å². The highest BCUT2D eigenvalue weighted by atomic mass is 32.3. The van der Waals surface area contributed by atoms with E-state index in [2.05, 4.69) is 13.4 Å². The Morgan fingerprint density at radius 1 is 1.26 bits per heavy atom. The van der Waals surface area contributed by atoms with Crippen molar-refractivity contribution < 1.29 is 21.6 Å². The molecule has 1 aromatic heterocycles. The second-order valence-corrected chi connectivity index (χ2v) is 5.12. The minimum atomic E-state index is -4.32. The molecule has 0 saturated carbocycles. The number of carbonyl (C=O) groups excluding carboxylic acids is 1. The molecule has 1 aliphatic heterocycles. The molecule has 0 radical (unpaired) electrons. The highest BCUT2D eigenvalue weighted by molar-refractivity contribution is 7.82. The fraction of sp³-hybridized carbons (Fsp3) is 0.0909. The Bertz CT molecular complexity index is 880. The van der Waals surface area contributed by atoms with Gasteiger partial charge in [-0.05, 0) is 19.1 Å². The molecular formula is C11H7NO6S. The average Bonchev–Trinajstić information content (AvgIpc) is 2.25. The molecule has 3 rings (SSSR count). The van der Waals surface area contributed by atoms with Crippen molar-refractivity contribution in [2.24, 2.45) is 0 Å². The zero-order valence-corrected chi connectivity index (χ0v) is 10.4. The molecule has 0 bridgehead atoms. The minimum Gasteiger partial charge on any atom is -0.352 e. The number of ketones is 1. The normalized spacial score (nSPS) is 15.6.